The van der Waals surface area contributed by atoms with E-state index in [0.29, 0.717) is 5.92 Å². The predicted octanol–water partition coefficient (Wildman–Crippen LogP) is 4.19. The SMILES string of the molecule is Cc1ccccc1C1CCN(c2ccc(C=O)cc2)CC1. The van der Waals surface area contributed by atoms with E-state index in [0.717, 1.165) is 24.9 Å². The highest BCUT2D eigenvalue weighted by atomic mass is 16.1. The van der Waals surface area contributed by atoms with Crippen LogP contribution in [0.15, 0.2) is 48.5 Å². The van der Waals surface area contributed by atoms with Crippen LogP contribution in [0.25, 0.3) is 0 Å². The van der Waals surface area contributed by atoms with Gasteiger partial charge in [0.1, 0.15) is 6.29 Å². The summed E-state index contributed by atoms with van der Waals surface area (Å²) >= 11 is 0. The lowest BCUT2D eigenvalue weighted by molar-refractivity contribution is 0.112. The van der Waals surface area contributed by atoms with Crippen molar-refractivity contribution in [2.75, 3.05) is 18.0 Å². The summed E-state index contributed by atoms with van der Waals surface area (Å²) in [7, 11) is 0. The number of hydrogen-bond donors (Lipinski definition) is 0. The van der Waals surface area contributed by atoms with E-state index in [1.54, 1.807) is 0 Å². The molecule has 0 N–H and O–H groups in total. The van der Waals surface area contributed by atoms with Crippen molar-refractivity contribution in [1.82, 2.24) is 0 Å². The zero-order chi connectivity index (χ0) is 14.7. The molecule has 1 heterocycles. The lowest BCUT2D eigenvalue weighted by Crippen LogP contribution is -2.33. The Hall–Kier alpha value is -2.09. The summed E-state index contributed by atoms with van der Waals surface area (Å²) in [5.74, 6) is 0.677. The highest BCUT2D eigenvalue weighted by Crippen LogP contribution is 2.32. The van der Waals surface area contributed by atoms with Gasteiger partial charge in [0.25, 0.3) is 0 Å². The maximum absolute atomic E-state index is 10.7. The molecule has 0 amide bonds. The average Bonchev–Trinajstić information content (AvgIpc) is 2.56. The van der Waals surface area contributed by atoms with Crippen LogP contribution in [0.4, 0.5) is 5.69 Å². The van der Waals surface area contributed by atoms with Gasteiger partial charge in [0, 0.05) is 24.3 Å². The van der Waals surface area contributed by atoms with Crippen molar-refractivity contribution in [3.8, 4) is 0 Å². The van der Waals surface area contributed by atoms with Crippen LogP contribution >= 0.6 is 0 Å². The molecule has 2 nitrogen and oxygen atoms in total. The highest BCUT2D eigenvalue weighted by molar-refractivity contribution is 5.75. The van der Waals surface area contributed by atoms with E-state index < -0.39 is 0 Å². The van der Waals surface area contributed by atoms with Gasteiger partial charge in [0.2, 0.25) is 0 Å². The second kappa shape index (κ2) is 6.13. The Bertz CT molecular complexity index is 610. The van der Waals surface area contributed by atoms with Crippen LogP contribution < -0.4 is 4.90 Å². The lowest BCUT2D eigenvalue weighted by atomic mass is 9.87. The molecule has 0 bridgehead atoms. The van der Waals surface area contributed by atoms with Crippen molar-refractivity contribution in [2.24, 2.45) is 0 Å². The minimum absolute atomic E-state index is 0.677. The van der Waals surface area contributed by atoms with E-state index in [1.807, 2.05) is 12.1 Å². The molecular formula is C19H21NO. The number of aryl methyl sites for hydroxylation is 1. The molecule has 0 spiro atoms. The van der Waals surface area contributed by atoms with Crippen molar-refractivity contribution >= 4 is 12.0 Å². The summed E-state index contributed by atoms with van der Waals surface area (Å²) in [6, 6.07) is 16.6. The second-order valence-corrected chi connectivity index (χ2v) is 5.83. The van der Waals surface area contributed by atoms with Gasteiger partial charge in [-0.1, -0.05) is 24.3 Å². The summed E-state index contributed by atoms with van der Waals surface area (Å²) in [6.45, 7) is 4.37. The fourth-order valence-electron chi connectivity index (χ4n) is 3.26. The van der Waals surface area contributed by atoms with E-state index >= 15 is 0 Å². The first-order chi connectivity index (χ1) is 10.3. The molecule has 0 saturated carbocycles. The van der Waals surface area contributed by atoms with Gasteiger partial charge in [-0.2, -0.15) is 0 Å². The minimum atomic E-state index is 0.677. The van der Waals surface area contributed by atoms with Crippen molar-refractivity contribution in [3.05, 3.63) is 65.2 Å². The van der Waals surface area contributed by atoms with Crippen LogP contribution in [-0.2, 0) is 0 Å². The molecule has 0 unspecified atom stereocenters. The summed E-state index contributed by atoms with van der Waals surface area (Å²) in [4.78, 5) is 13.1. The van der Waals surface area contributed by atoms with Crippen LogP contribution in [0.2, 0.25) is 0 Å². The summed E-state index contributed by atoms with van der Waals surface area (Å²) in [6.07, 6.45) is 3.29. The topological polar surface area (TPSA) is 20.3 Å². The molecule has 2 aromatic carbocycles. The van der Waals surface area contributed by atoms with Crippen LogP contribution in [0.3, 0.4) is 0 Å². The zero-order valence-corrected chi connectivity index (χ0v) is 12.5. The number of nitrogens with zero attached hydrogens (tertiary/aromatic N) is 1. The lowest BCUT2D eigenvalue weighted by Gasteiger charge is -2.34. The summed E-state index contributed by atoms with van der Waals surface area (Å²) in [5, 5.41) is 0. The third-order valence-electron chi connectivity index (χ3n) is 4.52. The van der Waals surface area contributed by atoms with E-state index in [-0.39, 0.29) is 0 Å². The second-order valence-electron chi connectivity index (χ2n) is 5.83. The van der Waals surface area contributed by atoms with Crippen LogP contribution in [0.5, 0.6) is 0 Å². The van der Waals surface area contributed by atoms with Gasteiger partial charge in [-0.3, -0.25) is 4.79 Å². The van der Waals surface area contributed by atoms with Crippen LogP contribution in [0, 0.1) is 6.92 Å². The number of anilines is 1. The molecule has 2 heteroatoms. The normalized spacial score (nSPS) is 16.0. The van der Waals surface area contributed by atoms with Crippen molar-refractivity contribution in [3.63, 3.8) is 0 Å². The molecule has 1 fully saturated rings. The molecule has 108 valence electrons. The maximum Gasteiger partial charge on any atom is 0.150 e. The predicted molar refractivity (Wildman–Crippen MR) is 87.2 cm³/mol. The third kappa shape index (κ3) is 2.99. The third-order valence-corrected chi connectivity index (χ3v) is 4.52. The molecule has 1 aliphatic heterocycles. The number of benzene rings is 2. The number of hydrogen-bond acceptors (Lipinski definition) is 2. The van der Waals surface area contributed by atoms with E-state index in [9.17, 15) is 4.79 Å². The van der Waals surface area contributed by atoms with Crippen LogP contribution in [0.1, 0.15) is 40.2 Å². The molecule has 21 heavy (non-hydrogen) atoms. The van der Waals surface area contributed by atoms with Crippen molar-refractivity contribution in [1.29, 1.82) is 0 Å². The van der Waals surface area contributed by atoms with E-state index in [1.165, 1.54) is 29.7 Å². The Morgan fingerprint density at radius 3 is 2.29 bits per heavy atom. The first kappa shape index (κ1) is 13.9. The molecule has 2 aromatic rings. The summed E-state index contributed by atoms with van der Waals surface area (Å²) < 4.78 is 0. The Morgan fingerprint density at radius 2 is 1.67 bits per heavy atom. The van der Waals surface area contributed by atoms with Gasteiger partial charge in [-0.25, -0.2) is 0 Å². The molecule has 0 radical (unpaired) electrons. The van der Waals surface area contributed by atoms with Crippen molar-refractivity contribution < 1.29 is 4.79 Å². The van der Waals surface area contributed by atoms with E-state index in [2.05, 4.69) is 48.2 Å². The first-order valence-corrected chi connectivity index (χ1v) is 7.63. The number of aldehydes is 1. The molecule has 0 aromatic heterocycles. The molecular weight excluding hydrogens is 258 g/mol. The number of carbonyl (C=O) groups is 1. The Balaban J connectivity index is 1.67. The number of rotatable bonds is 3. The van der Waals surface area contributed by atoms with Crippen molar-refractivity contribution in [2.45, 2.75) is 25.7 Å². The standard InChI is InChI=1S/C19H21NO/c1-15-4-2-3-5-19(15)17-10-12-20(13-11-17)18-8-6-16(14-21)7-9-18/h2-9,14,17H,10-13H2,1H3. The van der Waals surface area contributed by atoms with Gasteiger partial charge in [-0.15, -0.1) is 0 Å². The summed E-state index contributed by atoms with van der Waals surface area (Å²) in [5.41, 5.74) is 4.89. The molecule has 1 saturated heterocycles. The Morgan fingerprint density at radius 1 is 1.00 bits per heavy atom. The monoisotopic (exact) mass is 279 g/mol. The maximum atomic E-state index is 10.7. The Labute approximate surface area is 126 Å². The minimum Gasteiger partial charge on any atom is -0.371 e. The van der Waals surface area contributed by atoms with E-state index in [4.69, 9.17) is 0 Å². The molecule has 0 aliphatic carbocycles. The molecule has 0 atom stereocenters. The van der Waals surface area contributed by atoms with Gasteiger partial charge >= 0.3 is 0 Å². The quantitative estimate of drug-likeness (QED) is 0.785. The van der Waals surface area contributed by atoms with Gasteiger partial charge in [-0.05, 0) is 61.1 Å². The highest BCUT2D eigenvalue weighted by Gasteiger charge is 2.21. The zero-order valence-electron chi connectivity index (χ0n) is 12.5. The average molecular weight is 279 g/mol. The number of piperidine rings is 1. The van der Waals surface area contributed by atoms with Gasteiger partial charge < -0.3 is 4.90 Å². The fraction of sp³-hybridized carbons (Fsp3) is 0.316. The first-order valence-electron chi connectivity index (χ1n) is 7.63. The fourth-order valence-corrected chi connectivity index (χ4v) is 3.26. The largest absolute Gasteiger partial charge is 0.371 e. The Kier molecular flexibility index (Phi) is 4.05. The molecule has 3 rings (SSSR count). The van der Waals surface area contributed by atoms with Gasteiger partial charge in [0.05, 0.1) is 0 Å². The van der Waals surface area contributed by atoms with Crippen LogP contribution in [-0.4, -0.2) is 19.4 Å². The molecule has 1 aliphatic rings. The smallest absolute Gasteiger partial charge is 0.150 e. The van der Waals surface area contributed by atoms with Gasteiger partial charge in [0.15, 0.2) is 0 Å². The number of carbonyl (C=O) groups excluding carboxylic acids is 1.